The van der Waals surface area contributed by atoms with E-state index >= 15 is 0 Å². The number of nitrogens with zero attached hydrogens (tertiary/aromatic N) is 5. The lowest BCUT2D eigenvalue weighted by Crippen LogP contribution is -2.40. The van der Waals surface area contributed by atoms with Gasteiger partial charge in [0.15, 0.2) is 15.7 Å². The smallest absolute Gasteiger partial charge is 0.156 e. The summed E-state index contributed by atoms with van der Waals surface area (Å²) >= 11 is 0. The molecule has 0 unspecified atom stereocenters. The Balaban J connectivity index is 1.50. The second-order valence-electron chi connectivity index (χ2n) is 8.05. The number of hydrogen-bond donors (Lipinski definition) is 0. The van der Waals surface area contributed by atoms with Crippen molar-refractivity contribution < 1.29 is 12.8 Å². The minimum absolute atomic E-state index is 0.154. The van der Waals surface area contributed by atoms with Gasteiger partial charge in [0, 0.05) is 36.6 Å². The number of benzene rings is 1. The van der Waals surface area contributed by atoms with Crippen molar-refractivity contribution in [2.24, 2.45) is 9.98 Å². The molecule has 0 atom stereocenters. The molecule has 9 heteroatoms. The summed E-state index contributed by atoms with van der Waals surface area (Å²) in [4.78, 5) is 19.7. The van der Waals surface area contributed by atoms with Crippen LogP contribution in [0.15, 0.2) is 64.8 Å². The van der Waals surface area contributed by atoms with Crippen molar-refractivity contribution in [3.8, 4) is 11.3 Å². The molecule has 1 aromatic carbocycles. The van der Waals surface area contributed by atoms with Gasteiger partial charge in [0.05, 0.1) is 23.7 Å². The van der Waals surface area contributed by atoms with Crippen LogP contribution in [0.1, 0.15) is 23.6 Å². The Hall–Kier alpha value is -3.46. The fourth-order valence-electron chi connectivity index (χ4n) is 3.82. The summed E-state index contributed by atoms with van der Waals surface area (Å²) in [5.41, 5.74) is 4.08. The highest BCUT2D eigenvalue weighted by atomic mass is 32.2. The molecule has 0 radical (unpaired) electrons. The van der Waals surface area contributed by atoms with E-state index < -0.39 is 9.84 Å². The predicted octanol–water partition coefficient (Wildman–Crippen LogP) is 3.73. The summed E-state index contributed by atoms with van der Waals surface area (Å²) in [5.74, 6) is 1.25. The van der Waals surface area contributed by atoms with E-state index in [1.807, 2.05) is 36.1 Å². The minimum atomic E-state index is -2.93. The average molecular weight is 480 g/mol. The van der Waals surface area contributed by atoms with Gasteiger partial charge in [-0.1, -0.05) is 25.1 Å². The molecule has 1 aliphatic rings. The molecule has 0 N–H and O–H groups in total. The van der Waals surface area contributed by atoms with Crippen molar-refractivity contribution >= 4 is 28.2 Å². The van der Waals surface area contributed by atoms with E-state index in [0.717, 1.165) is 28.9 Å². The van der Waals surface area contributed by atoms with E-state index in [-0.39, 0.29) is 17.3 Å². The Morgan fingerprint density at radius 1 is 1.12 bits per heavy atom. The second kappa shape index (κ2) is 10.2. The third kappa shape index (κ3) is 5.53. The second-order valence-corrected chi connectivity index (χ2v) is 10.4. The van der Waals surface area contributed by atoms with Crippen LogP contribution in [0.4, 0.5) is 10.2 Å². The van der Waals surface area contributed by atoms with Gasteiger partial charge < -0.3 is 4.90 Å². The normalized spacial score (nSPS) is 15.8. The number of aryl methyl sites for hydroxylation is 1. The lowest BCUT2D eigenvalue weighted by Gasteiger charge is -2.27. The summed E-state index contributed by atoms with van der Waals surface area (Å²) in [6, 6.07) is 12.1. The van der Waals surface area contributed by atoms with Crippen LogP contribution in [0.2, 0.25) is 0 Å². The molecule has 7 nitrogen and oxygen atoms in total. The SMILES string of the molecule is C=NC(=NCc1ccc(N2CCS(=O)(=O)CC2)nc1)c1cnc(-c2cccc(F)c2)cc1CC. The Morgan fingerprint density at radius 3 is 2.56 bits per heavy atom. The number of rotatable bonds is 6. The number of aliphatic imine (C=N–C) groups is 2. The molecule has 0 saturated carbocycles. The van der Waals surface area contributed by atoms with Crippen LogP contribution in [-0.2, 0) is 22.8 Å². The summed E-state index contributed by atoms with van der Waals surface area (Å²) in [7, 11) is -2.93. The molecule has 34 heavy (non-hydrogen) atoms. The van der Waals surface area contributed by atoms with Crippen LogP contribution in [0, 0.1) is 5.82 Å². The zero-order chi connectivity index (χ0) is 24.1. The maximum absolute atomic E-state index is 13.6. The number of sulfone groups is 1. The first-order valence-electron chi connectivity index (χ1n) is 11.0. The van der Waals surface area contributed by atoms with Gasteiger partial charge in [0.1, 0.15) is 11.6 Å². The molecule has 0 amide bonds. The van der Waals surface area contributed by atoms with Gasteiger partial charge in [-0.2, -0.15) is 0 Å². The van der Waals surface area contributed by atoms with Crippen molar-refractivity contribution in [1.82, 2.24) is 9.97 Å². The molecule has 176 valence electrons. The van der Waals surface area contributed by atoms with Crippen molar-refractivity contribution in [2.75, 3.05) is 29.5 Å². The molecule has 3 heterocycles. The standard InChI is InChI=1S/C25H26FN5O2S/c1-3-19-14-23(20-5-4-6-21(26)13-20)28-17-22(19)25(27-2)30-16-18-7-8-24(29-15-18)31-9-11-34(32,33)12-10-31/h4-8,13-15,17H,2-3,9-12,16H2,1H3. The third-order valence-electron chi connectivity index (χ3n) is 5.77. The van der Waals surface area contributed by atoms with Gasteiger partial charge in [-0.15, -0.1) is 0 Å². The monoisotopic (exact) mass is 479 g/mol. The van der Waals surface area contributed by atoms with Crippen LogP contribution >= 0.6 is 0 Å². The van der Waals surface area contributed by atoms with E-state index in [2.05, 4.69) is 26.7 Å². The van der Waals surface area contributed by atoms with Crippen LogP contribution in [0.3, 0.4) is 0 Å². The molecular formula is C25H26FN5O2S. The number of hydrogen-bond acceptors (Lipinski definition) is 6. The van der Waals surface area contributed by atoms with Gasteiger partial charge in [-0.25, -0.2) is 22.8 Å². The molecule has 0 bridgehead atoms. The molecule has 1 aliphatic heterocycles. The van der Waals surface area contributed by atoms with Crippen molar-refractivity contribution in [3.63, 3.8) is 0 Å². The maximum atomic E-state index is 13.6. The van der Waals surface area contributed by atoms with E-state index in [1.54, 1.807) is 18.5 Å². The molecule has 0 aliphatic carbocycles. The number of pyridine rings is 2. The number of anilines is 1. The zero-order valence-electron chi connectivity index (χ0n) is 19.0. The first kappa shape index (κ1) is 23.7. The van der Waals surface area contributed by atoms with Crippen molar-refractivity contribution in [1.29, 1.82) is 0 Å². The molecule has 2 aromatic heterocycles. The molecule has 1 saturated heterocycles. The average Bonchev–Trinajstić information content (AvgIpc) is 2.85. The van der Waals surface area contributed by atoms with Gasteiger partial charge in [0.25, 0.3) is 0 Å². The summed E-state index contributed by atoms with van der Waals surface area (Å²) < 4.78 is 36.9. The third-order valence-corrected chi connectivity index (χ3v) is 7.38. The van der Waals surface area contributed by atoms with Crippen LogP contribution in [0.5, 0.6) is 0 Å². The minimum Gasteiger partial charge on any atom is -0.355 e. The highest BCUT2D eigenvalue weighted by molar-refractivity contribution is 7.91. The Kier molecular flexibility index (Phi) is 7.12. The molecule has 4 rings (SSSR count). The fraction of sp³-hybridized carbons (Fsp3) is 0.280. The van der Waals surface area contributed by atoms with Crippen LogP contribution < -0.4 is 4.90 Å². The van der Waals surface area contributed by atoms with E-state index in [0.29, 0.717) is 36.7 Å². The van der Waals surface area contributed by atoms with Gasteiger partial charge in [-0.05, 0) is 48.5 Å². The summed E-state index contributed by atoms with van der Waals surface area (Å²) in [6.07, 6.45) is 4.18. The summed E-state index contributed by atoms with van der Waals surface area (Å²) in [6.45, 7) is 6.98. The zero-order valence-corrected chi connectivity index (χ0v) is 19.8. The molecule has 3 aromatic rings. The van der Waals surface area contributed by atoms with Crippen molar-refractivity contribution in [2.45, 2.75) is 19.9 Å². The van der Waals surface area contributed by atoms with Gasteiger partial charge in [-0.3, -0.25) is 9.98 Å². The molecular weight excluding hydrogens is 453 g/mol. The largest absolute Gasteiger partial charge is 0.355 e. The lowest BCUT2D eigenvalue weighted by atomic mass is 10.0. The van der Waals surface area contributed by atoms with E-state index in [9.17, 15) is 12.8 Å². The predicted molar refractivity (Wildman–Crippen MR) is 134 cm³/mol. The highest BCUT2D eigenvalue weighted by Gasteiger charge is 2.22. The molecule has 0 spiro atoms. The Morgan fingerprint density at radius 2 is 1.91 bits per heavy atom. The number of aromatic nitrogens is 2. The van der Waals surface area contributed by atoms with E-state index in [1.165, 1.54) is 12.1 Å². The topological polar surface area (TPSA) is 87.9 Å². The van der Waals surface area contributed by atoms with Gasteiger partial charge in [0.2, 0.25) is 0 Å². The fourth-order valence-corrected chi connectivity index (χ4v) is 5.02. The maximum Gasteiger partial charge on any atom is 0.156 e. The Labute approximate surface area is 199 Å². The molecule has 1 fully saturated rings. The van der Waals surface area contributed by atoms with Gasteiger partial charge >= 0.3 is 0 Å². The van der Waals surface area contributed by atoms with Crippen LogP contribution in [0.25, 0.3) is 11.3 Å². The quantitative estimate of drug-likeness (QED) is 0.397. The Bertz CT molecular complexity index is 1310. The first-order chi connectivity index (χ1) is 16.4. The van der Waals surface area contributed by atoms with Crippen molar-refractivity contribution in [3.05, 3.63) is 77.4 Å². The number of amidine groups is 1. The first-order valence-corrected chi connectivity index (χ1v) is 12.9. The lowest BCUT2D eigenvalue weighted by molar-refractivity contribution is 0.586. The number of halogens is 1. The van der Waals surface area contributed by atoms with E-state index in [4.69, 9.17) is 0 Å². The summed E-state index contributed by atoms with van der Waals surface area (Å²) in [5, 5.41) is 0. The highest BCUT2D eigenvalue weighted by Crippen LogP contribution is 2.22. The van der Waals surface area contributed by atoms with Crippen LogP contribution in [-0.4, -0.2) is 55.5 Å².